The van der Waals surface area contributed by atoms with Crippen LogP contribution in [0.4, 0.5) is 4.79 Å². The standard InChI is InChI=1S/C21H21N3O5/c1-12-13(2)24(9-15-8-23-21(25)29-15)20-17(5-6-22-19(12)20)26-10-14-3-4-16-18(7-14)28-11-27-16/h3-7,15H,8-11H2,1-2H3,(H,23,25). The fraction of sp³-hybridized carbons (Fsp3) is 0.333. The van der Waals surface area contributed by atoms with E-state index in [1.165, 1.54) is 0 Å². The number of nitrogens with zero attached hydrogens (tertiary/aromatic N) is 2. The summed E-state index contributed by atoms with van der Waals surface area (Å²) in [6.07, 6.45) is 1.15. The number of ether oxygens (including phenoxy) is 4. The number of nitrogens with one attached hydrogen (secondary N) is 1. The molecular weight excluding hydrogens is 374 g/mol. The second-order valence-electron chi connectivity index (χ2n) is 7.21. The molecule has 0 bridgehead atoms. The van der Waals surface area contributed by atoms with Crippen LogP contribution in [0.1, 0.15) is 16.8 Å². The number of amides is 1. The Hall–Kier alpha value is -3.42. The molecule has 1 saturated heterocycles. The number of hydrogen-bond donors (Lipinski definition) is 1. The van der Waals surface area contributed by atoms with Gasteiger partial charge < -0.3 is 28.8 Å². The van der Waals surface area contributed by atoms with Gasteiger partial charge in [-0.3, -0.25) is 4.98 Å². The number of carbonyl (C=O) groups is 1. The van der Waals surface area contributed by atoms with Crippen LogP contribution in [-0.2, 0) is 17.9 Å². The summed E-state index contributed by atoms with van der Waals surface area (Å²) in [5.41, 5.74) is 4.95. The van der Waals surface area contributed by atoms with Gasteiger partial charge in [-0.25, -0.2) is 4.79 Å². The first-order valence-corrected chi connectivity index (χ1v) is 9.50. The van der Waals surface area contributed by atoms with Crippen LogP contribution in [0.25, 0.3) is 11.0 Å². The number of aryl methyl sites for hydroxylation is 1. The van der Waals surface area contributed by atoms with Crippen molar-refractivity contribution in [3.05, 3.63) is 47.3 Å². The van der Waals surface area contributed by atoms with E-state index in [9.17, 15) is 4.79 Å². The van der Waals surface area contributed by atoms with E-state index in [0.717, 1.165) is 45.1 Å². The van der Waals surface area contributed by atoms with Crippen molar-refractivity contribution in [2.24, 2.45) is 0 Å². The zero-order chi connectivity index (χ0) is 20.0. The van der Waals surface area contributed by atoms with Gasteiger partial charge in [-0.05, 0) is 37.1 Å². The fourth-order valence-electron chi connectivity index (χ4n) is 3.79. The molecular formula is C21H21N3O5. The number of carbonyl (C=O) groups excluding carboxylic acids is 1. The van der Waals surface area contributed by atoms with Crippen molar-refractivity contribution in [2.45, 2.75) is 33.1 Å². The summed E-state index contributed by atoms with van der Waals surface area (Å²) in [5, 5.41) is 2.70. The minimum atomic E-state index is -0.377. The van der Waals surface area contributed by atoms with Crippen molar-refractivity contribution < 1.29 is 23.7 Å². The van der Waals surface area contributed by atoms with E-state index in [1.807, 2.05) is 38.1 Å². The van der Waals surface area contributed by atoms with Crippen molar-refractivity contribution in [2.75, 3.05) is 13.3 Å². The molecule has 4 heterocycles. The summed E-state index contributed by atoms with van der Waals surface area (Å²) >= 11 is 0. The Labute approximate surface area is 167 Å². The highest BCUT2D eigenvalue weighted by Crippen LogP contribution is 2.34. The molecule has 0 saturated carbocycles. The molecule has 0 spiro atoms. The SMILES string of the molecule is Cc1c(C)n(CC2CNC(=O)O2)c2c(OCc3ccc4c(c3)OCO4)ccnc12. The average molecular weight is 395 g/mol. The van der Waals surface area contributed by atoms with Gasteiger partial charge in [0.25, 0.3) is 0 Å². The van der Waals surface area contributed by atoms with Gasteiger partial charge in [0.05, 0.1) is 18.6 Å². The first-order valence-electron chi connectivity index (χ1n) is 9.50. The normalized spacial score (nSPS) is 17.4. The van der Waals surface area contributed by atoms with Crippen LogP contribution in [0.2, 0.25) is 0 Å². The van der Waals surface area contributed by atoms with Crippen LogP contribution < -0.4 is 19.5 Å². The number of rotatable bonds is 5. The number of pyridine rings is 1. The summed E-state index contributed by atoms with van der Waals surface area (Å²) in [5.74, 6) is 2.22. The maximum absolute atomic E-state index is 11.4. The molecule has 8 heteroatoms. The molecule has 2 aromatic heterocycles. The molecule has 2 aliphatic rings. The molecule has 1 aromatic carbocycles. The number of alkyl carbamates (subject to hydrolysis) is 1. The largest absolute Gasteiger partial charge is 0.487 e. The molecule has 1 atom stereocenters. The monoisotopic (exact) mass is 395 g/mol. The molecule has 2 aliphatic heterocycles. The third-order valence-electron chi connectivity index (χ3n) is 5.43. The van der Waals surface area contributed by atoms with Crippen LogP contribution in [0.5, 0.6) is 17.2 Å². The minimum absolute atomic E-state index is 0.224. The Balaban J connectivity index is 1.45. The van der Waals surface area contributed by atoms with Crippen molar-refractivity contribution >= 4 is 17.1 Å². The lowest BCUT2D eigenvalue weighted by atomic mass is 10.2. The van der Waals surface area contributed by atoms with Crippen molar-refractivity contribution in [1.29, 1.82) is 0 Å². The first kappa shape index (κ1) is 17.7. The third kappa shape index (κ3) is 3.10. The van der Waals surface area contributed by atoms with Gasteiger partial charge in [-0.2, -0.15) is 0 Å². The van der Waals surface area contributed by atoms with Crippen LogP contribution in [-0.4, -0.2) is 35.1 Å². The Morgan fingerprint density at radius 2 is 2.10 bits per heavy atom. The van der Waals surface area contributed by atoms with Crippen LogP contribution in [0, 0.1) is 13.8 Å². The van der Waals surface area contributed by atoms with Crippen LogP contribution >= 0.6 is 0 Å². The van der Waals surface area contributed by atoms with E-state index in [1.54, 1.807) is 6.20 Å². The predicted octanol–water partition coefficient (Wildman–Crippen LogP) is 3.07. The molecule has 5 rings (SSSR count). The van der Waals surface area contributed by atoms with Gasteiger partial charge in [-0.1, -0.05) is 6.07 Å². The van der Waals surface area contributed by atoms with Gasteiger partial charge >= 0.3 is 6.09 Å². The Morgan fingerprint density at radius 3 is 2.93 bits per heavy atom. The topological polar surface area (TPSA) is 83.8 Å². The number of hydrogen-bond acceptors (Lipinski definition) is 6. The number of aromatic nitrogens is 2. The minimum Gasteiger partial charge on any atom is -0.487 e. The third-order valence-corrected chi connectivity index (χ3v) is 5.43. The Kier molecular flexibility index (Phi) is 4.19. The van der Waals surface area contributed by atoms with E-state index in [0.29, 0.717) is 19.7 Å². The quantitative estimate of drug-likeness (QED) is 0.715. The molecule has 3 aromatic rings. The van der Waals surface area contributed by atoms with E-state index < -0.39 is 0 Å². The zero-order valence-electron chi connectivity index (χ0n) is 16.2. The molecule has 1 fully saturated rings. The van der Waals surface area contributed by atoms with Gasteiger partial charge in [0, 0.05) is 18.0 Å². The van der Waals surface area contributed by atoms with Gasteiger partial charge in [0.2, 0.25) is 6.79 Å². The second kappa shape index (κ2) is 6.88. The molecule has 8 nitrogen and oxygen atoms in total. The zero-order valence-corrected chi connectivity index (χ0v) is 16.2. The van der Waals surface area contributed by atoms with Gasteiger partial charge in [0.15, 0.2) is 11.5 Å². The molecule has 0 radical (unpaired) electrons. The fourth-order valence-corrected chi connectivity index (χ4v) is 3.79. The lowest BCUT2D eigenvalue weighted by molar-refractivity contribution is 0.131. The maximum Gasteiger partial charge on any atom is 0.407 e. The van der Waals surface area contributed by atoms with E-state index in [-0.39, 0.29) is 19.0 Å². The highest BCUT2D eigenvalue weighted by Gasteiger charge is 2.26. The van der Waals surface area contributed by atoms with Crippen LogP contribution in [0.3, 0.4) is 0 Å². The van der Waals surface area contributed by atoms with E-state index in [4.69, 9.17) is 18.9 Å². The highest BCUT2D eigenvalue weighted by molar-refractivity contribution is 5.86. The first-order chi connectivity index (χ1) is 14.1. The van der Waals surface area contributed by atoms with Gasteiger partial charge in [0.1, 0.15) is 24.0 Å². The van der Waals surface area contributed by atoms with Crippen LogP contribution in [0.15, 0.2) is 30.5 Å². The average Bonchev–Trinajstić information content (AvgIpc) is 3.42. The molecule has 1 amide bonds. The number of fused-ring (bicyclic) bond motifs is 2. The van der Waals surface area contributed by atoms with Crippen molar-refractivity contribution in [1.82, 2.24) is 14.9 Å². The maximum atomic E-state index is 11.4. The molecule has 150 valence electrons. The Bertz CT molecular complexity index is 1110. The van der Waals surface area contributed by atoms with Crippen molar-refractivity contribution in [3.8, 4) is 17.2 Å². The van der Waals surface area contributed by atoms with E-state index in [2.05, 4.69) is 14.9 Å². The summed E-state index contributed by atoms with van der Waals surface area (Å²) in [4.78, 5) is 16.0. The lowest BCUT2D eigenvalue weighted by Crippen LogP contribution is -2.21. The van der Waals surface area contributed by atoms with Gasteiger partial charge in [-0.15, -0.1) is 0 Å². The summed E-state index contributed by atoms with van der Waals surface area (Å²) in [6.45, 7) is 5.76. The molecule has 29 heavy (non-hydrogen) atoms. The number of benzene rings is 1. The smallest absolute Gasteiger partial charge is 0.407 e. The van der Waals surface area contributed by atoms with E-state index >= 15 is 0 Å². The number of cyclic esters (lactones) is 1. The Morgan fingerprint density at radius 1 is 1.24 bits per heavy atom. The highest BCUT2D eigenvalue weighted by atomic mass is 16.7. The molecule has 1 N–H and O–H groups in total. The molecule has 1 unspecified atom stereocenters. The lowest BCUT2D eigenvalue weighted by Gasteiger charge is -2.15. The second-order valence-corrected chi connectivity index (χ2v) is 7.21. The predicted molar refractivity (Wildman–Crippen MR) is 104 cm³/mol. The summed E-state index contributed by atoms with van der Waals surface area (Å²) in [7, 11) is 0. The molecule has 0 aliphatic carbocycles. The summed E-state index contributed by atoms with van der Waals surface area (Å²) in [6, 6.07) is 7.65. The van der Waals surface area contributed by atoms with Crippen molar-refractivity contribution in [3.63, 3.8) is 0 Å². The summed E-state index contributed by atoms with van der Waals surface area (Å²) < 4.78 is 24.4.